The zero-order valence-corrected chi connectivity index (χ0v) is 8.38. The fourth-order valence-corrected chi connectivity index (χ4v) is 1.76. The molecule has 12 heavy (non-hydrogen) atoms. The summed E-state index contributed by atoms with van der Waals surface area (Å²) in [5.74, 6) is 0.0289. The highest BCUT2D eigenvalue weighted by molar-refractivity contribution is 9.09. The quantitative estimate of drug-likeness (QED) is 0.638. The summed E-state index contributed by atoms with van der Waals surface area (Å²) >= 11 is 3.11. The number of likely N-dealkylation sites (tertiary alicyclic amines) is 1. The Hall–Kier alpha value is -0.560. The molecule has 0 bridgehead atoms. The molecule has 1 atom stereocenters. The molecule has 66 valence electrons. The van der Waals surface area contributed by atoms with Crippen LogP contribution in [-0.2, 0) is 4.79 Å². The van der Waals surface area contributed by atoms with Gasteiger partial charge in [-0.25, -0.2) is 0 Å². The van der Waals surface area contributed by atoms with Crippen LogP contribution in [0.3, 0.4) is 0 Å². The molecule has 1 heterocycles. The van der Waals surface area contributed by atoms with Gasteiger partial charge in [0.1, 0.15) is 6.04 Å². The zero-order valence-electron chi connectivity index (χ0n) is 6.79. The van der Waals surface area contributed by atoms with Crippen LogP contribution in [-0.4, -0.2) is 28.7 Å². The van der Waals surface area contributed by atoms with Crippen molar-refractivity contribution in [3.8, 4) is 6.07 Å². The first-order valence-electron chi connectivity index (χ1n) is 4.04. The Morgan fingerprint density at radius 3 is 3.00 bits per heavy atom. The van der Waals surface area contributed by atoms with E-state index in [9.17, 15) is 4.79 Å². The number of amides is 1. The number of halogens is 1. The third kappa shape index (κ3) is 1.98. The SMILES string of the molecule is N#CC1CCCCN1C(=O)CBr. The Morgan fingerprint density at radius 1 is 1.67 bits per heavy atom. The summed E-state index contributed by atoms with van der Waals surface area (Å²) in [5.41, 5.74) is 0. The molecular weight excluding hydrogens is 220 g/mol. The molecule has 1 fully saturated rings. The third-order valence-corrected chi connectivity index (χ3v) is 2.57. The minimum atomic E-state index is -0.191. The second-order valence-corrected chi connectivity index (χ2v) is 3.42. The number of carbonyl (C=O) groups excluding carboxylic acids is 1. The van der Waals surface area contributed by atoms with Gasteiger partial charge in [0.15, 0.2) is 0 Å². The van der Waals surface area contributed by atoms with Gasteiger partial charge in [-0.1, -0.05) is 15.9 Å². The Morgan fingerprint density at radius 2 is 2.42 bits per heavy atom. The van der Waals surface area contributed by atoms with Crippen LogP contribution in [0.5, 0.6) is 0 Å². The Kier molecular flexibility index (Phi) is 3.54. The molecule has 0 spiro atoms. The van der Waals surface area contributed by atoms with Gasteiger partial charge >= 0.3 is 0 Å². The molecule has 0 aromatic heterocycles. The summed E-state index contributed by atoms with van der Waals surface area (Å²) < 4.78 is 0. The molecular formula is C8H11BrN2O. The molecule has 1 amide bonds. The van der Waals surface area contributed by atoms with E-state index in [-0.39, 0.29) is 11.9 Å². The summed E-state index contributed by atoms with van der Waals surface area (Å²) in [6, 6.07) is 1.96. The van der Waals surface area contributed by atoms with Crippen LogP contribution in [0.1, 0.15) is 19.3 Å². The molecule has 0 N–H and O–H groups in total. The van der Waals surface area contributed by atoms with Gasteiger partial charge in [-0.3, -0.25) is 4.79 Å². The molecule has 1 aliphatic heterocycles. The molecule has 1 unspecified atom stereocenters. The van der Waals surface area contributed by atoms with E-state index in [1.54, 1.807) is 4.90 Å². The van der Waals surface area contributed by atoms with Crippen LogP contribution in [0.15, 0.2) is 0 Å². The first-order chi connectivity index (χ1) is 5.79. The molecule has 0 aromatic carbocycles. The largest absolute Gasteiger partial charge is 0.326 e. The lowest BCUT2D eigenvalue weighted by molar-refractivity contribution is -0.130. The van der Waals surface area contributed by atoms with E-state index in [0.717, 1.165) is 25.8 Å². The summed E-state index contributed by atoms with van der Waals surface area (Å²) in [5, 5.41) is 9.07. The van der Waals surface area contributed by atoms with Crippen LogP contribution in [0, 0.1) is 11.3 Å². The van der Waals surface area contributed by atoms with E-state index in [1.807, 2.05) is 0 Å². The first-order valence-corrected chi connectivity index (χ1v) is 5.16. The topological polar surface area (TPSA) is 44.1 Å². The Labute approximate surface area is 80.5 Å². The maximum absolute atomic E-state index is 11.3. The molecule has 0 aliphatic carbocycles. The van der Waals surface area contributed by atoms with E-state index in [4.69, 9.17) is 5.26 Å². The van der Waals surface area contributed by atoms with Crippen molar-refractivity contribution in [3.05, 3.63) is 0 Å². The number of nitriles is 1. The van der Waals surface area contributed by atoms with Crippen molar-refractivity contribution in [2.45, 2.75) is 25.3 Å². The standard InChI is InChI=1S/C8H11BrN2O/c9-5-8(12)11-4-2-1-3-7(11)6-10/h7H,1-5H2. The maximum atomic E-state index is 11.3. The van der Waals surface area contributed by atoms with Crippen LogP contribution in [0.2, 0.25) is 0 Å². The highest BCUT2D eigenvalue weighted by Crippen LogP contribution is 2.16. The fraction of sp³-hybridized carbons (Fsp3) is 0.750. The second kappa shape index (κ2) is 4.46. The second-order valence-electron chi connectivity index (χ2n) is 2.86. The number of piperidine rings is 1. The number of hydrogen-bond acceptors (Lipinski definition) is 2. The third-order valence-electron chi connectivity index (χ3n) is 2.09. The van der Waals surface area contributed by atoms with Crippen molar-refractivity contribution in [1.82, 2.24) is 4.90 Å². The molecule has 3 nitrogen and oxygen atoms in total. The van der Waals surface area contributed by atoms with Gasteiger partial charge in [-0.15, -0.1) is 0 Å². The van der Waals surface area contributed by atoms with E-state index in [0.29, 0.717) is 5.33 Å². The normalized spacial score (nSPS) is 23.3. The van der Waals surface area contributed by atoms with Crippen molar-refractivity contribution in [2.75, 3.05) is 11.9 Å². The predicted molar refractivity (Wildman–Crippen MR) is 48.8 cm³/mol. The van der Waals surface area contributed by atoms with Crippen molar-refractivity contribution in [3.63, 3.8) is 0 Å². The minimum absolute atomic E-state index is 0.0289. The predicted octanol–water partition coefficient (Wildman–Crippen LogP) is 1.29. The molecule has 0 aromatic rings. The van der Waals surface area contributed by atoms with Crippen LogP contribution in [0.4, 0.5) is 0 Å². The van der Waals surface area contributed by atoms with Gasteiger partial charge in [-0.2, -0.15) is 5.26 Å². The maximum Gasteiger partial charge on any atom is 0.234 e. The number of rotatable bonds is 1. The van der Waals surface area contributed by atoms with Crippen molar-refractivity contribution in [1.29, 1.82) is 5.26 Å². The zero-order chi connectivity index (χ0) is 8.97. The van der Waals surface area contributed by atoms with Gasteiger partial charge < -0.3 is 4.90 Å². The molecule has 1 rings (SSSR count). The van der Waals surface area contributed by atoms with Crippen LogP contribution < -0.4 is 0 Å². The first kappa shape index (κ1) is 9.53. The molecule has 1 aliphatic rings. The average molecular weight is 231 g/mol. The van der Waals surface area contributed by atoms with E-state index in [1.165, 1.54) is 0 Å². The lowest BCUT2D eigenvalue weighted by Gasteiger charge is -2.30. The highest BCUT2D eigenvalue weighted by atomic mass is 79.9. The number of hydrogen-bond donors (Lipinski definition) is 0. The molecule has 0 saturated carbocycles. The summed E-state index contributed by atoms with van der Waals surface area (Å²) in [4.78, 5) is 12.9. The van der Waals surface area contributed by atoms with Gasteiger partial charge in [0.2, 0.25) is 5.91 Å². The number of alkyl halides is 1. The minimum Gasteiger partial charge on any atom is -0.326 e. The summed E-state index contributed by atoms with van der Waals surface area (Å²) in [7, 11) is 0. The fourth-order valence-electron chi connectivity index (χ4n) is 1.44. The number of nitrogens with zero attached hydrogens (tertiary/aromatic N) is 2. The average Bonchev–Trinajstić information content (AvgIpc) is 2.16. The monoisotopic (exact) mass is 230 g/mol. The van der Waals surface area contributed by atoms with Gasteiger partial charge in [0.05, 0.1) is 11.4 Å². The summed E-state index contributed by atoms with van der Waals surface area (Å²) in [6.07, 6.45) is 2.91. The van der Waals surface area contributed by atoms with Crippen molar-refractivity contribution < 1.29 is 4.79 Å². The molecule has 1 saturated heterocycles. The highest BCUT2D eigenvalue weighted by Gasteiger charge is 2.25. The Bertz CT molecular complexity index is 212. The van der Waals surface area contributed by atoms with E-state index in [2.05, 4.69) is 22.0 Å². The Balaban J connectivity index is 2.60. The smallest absolute Gasteiger partial charge is 0.234 e. The van der Waals surface area contributed by atoms with E-state index >= 15 is 0 Å². The molecule has 4 heteroatoms. The summed E-state index contributed by atoms with van der Waals surface area (Å²) in [6.45, 7) is 0.739. The van der Waals surface area contributed by atoms with Crippen molar-refractivity contribution >= 4 is 21.8 Å². The number of carbonyl (C=O) groups is 1. The van der Waals surface area contributed by atoms with Gasteiger partial charge in [0, 0.05) is 6.54 Å². The lowest BCUT2D eigenvalue weighted by atomic mass is 10.0. The lowest BCUT2D eigenvalue weighted by Crippen LogP contribution is -2.43. The van der Waals surface area contributed by atoms with Crippen molar-refractivity contribution in [2.24, 2.45) is 0 Å². The van der Waals surface area contributed by atoms with E-state index < -0.39 is 0 Å². The van der Waals surface area contributed by atoms with Gasteiger partial charge in [0.25, 0.3) is 0 Å². The van der Waals surface area contributed by atoms with Gasteiger partial charge in [-0.05, 0) is 19.3 Å². The molecule has 0 radical (unpaired) electrons. The van der Waals surface area contributed by atoms with Crippen LogP contribution in [0.25, 0.3) is 0 Å². The van der Waals surface area contributed by atoms with Crippen LogP contribution >= 0.6 is 15.9 Å².